The summed E-state index contributed by atoms with van der Waals surface area (Å²) in [6.45, 7) is 4.13. The van der Waals surface area contributed by atoms with Gasteiger partial charge in [0.2, 0.25) is 0 Å². The number of hydrogen-bond donors (Lipinski definition) is 1. The predicted octanol–water partition coefficient (Wildman–Crippen LogP) is 3.65. The number of aryl methyl sites for hydroxylation is 1. The van der Waals surface area contributed by atoms with Crippen LogP contribution < -0.4 is 0 Å². The molecule has 1 N–H and O–H groups in total. The summed E-state index contributed by atoms with van der Waals surface area (Å²) in [7, 11) is 0. The smallest absolute Gasteiger partial charge is 0.303 e. The van der Waals surface area contributed by atoms with Crippen LogP contribution in [0.5, 0.6) is 0 Å². The Bertz CT molecular complexity index is 374. The number of hydrogen-bond acceptors (Lipinski definition) is 1. The van der Waals surface area contributed by atoms with Crippen LogP contribution in [0.2, 0.25) is 0 Å². The first-order chi connectivity index (χ1) is 7.59. The monoisotopic (exact) mass is 218 g/mol. The third-order valence-electron chi connectivity index (χ3n) is 2.55. The zero-order valence-corrected chi connectivity index (χ0v) is 9.86. The van der Waals surface area contributed by atoms with Crippen LogP contribution in [-0.2, 0) is 4.79 Å². The van der Waals surface area contributed by atoms with Crippen molar-refractivity contribution in [3.05, 3.63) is 41.5 Å². The van der Waals surface area contributed by atoms with E-state index >= 15 is 0 Å². The standard InChI is InChI=1S/C14H18O2/c1-11-7-9-13(10-8-11)12(2)5-3-4-6-14(15)16/h5,7-10H,3-4,6H2,1-2H3,(H,15,16)/b12-5+. The molecule has 2 nitrogen and oxygen atoms in total. The maximum atomic E-state index is 10.3. The van der Waals surface area contributed by atoms with Crippen molar-refractivity contribution < 1.29 is 9.90 Å². The van der Waals surface area contributed by atoms with Crippen molar-refractivity contribution in [3.8, 4) is 0 Å². The van der Waals surface area contributed by atoms with Crippen molar-refractivity contribution in [2.24, 2.45) is 0 Å². The molecule has 0 aliphatic heterocycles. The van der Waals surface area contributed by atoms with Gasteiger partial charge in [-0.3, -0.25) is 4.79 Å². The van der Waals surface area contributed by atoms with E-state index in [-0.39, 0.29) is 6.42 Å². The first kappa shape index (κ1) is 12.5. The third kappa shape index (κ3) is 4.30. The van der Waals surface area contributed by atoms with Crippen LogP contribution in [0, 0.1) is 6.92 Å². The average molecular weight is 218 g/mol. The summed E-state index contributed by atoms with van der Waals surface area (Å²) in [5.74, 6) is -0.721. The number of allylic oxidation sites excluding steroid dienone is 2. The van der Waals surface area contributed by atoms with Gasteiger partial charge in [-0.05, 0) is 37.8 Å². The number of unbranched alkanes of at least 4 members (excludes halogenated alkanes) is 1. The maximum Gasteiger partial charge on any atom is 0.303 e. The van der Waals surface area contributed by atoms with Crippen LogP contribution in [-0.4, -0.2) is 11.1 Å². The molecular weight excluding hydrogens is 200 g/mol. The molecule has 1 rings (SSSR count). The van der Waals surface area contributed by atoms with Crippen molar-refractivity contribution in [1.29, 1.82) is 0 Å². The molecule has 16 heavy (non-hydrogen) atoms. The predicted molar refractivity (Wildman–Crippen MR) is 66.3 cm³/mol. The lowest BCUT2D eigenvalue weighted by Crippen LogP contribution is -1.92. The second-order valence-electron chi connectivity index (χ2n) is 4.04. The van der Waals surface area contributed by atoms with Gasteiger partial charge in [0.05, 0.1) is 0 Å². The Morgan fingerprint density at radius 3 is 2.50 bits per heavy atom. The number of carbonyl (C=O) groups is 1. The van der Waals surface area contributed by atoms with E-state index in [1.807, 2.05) is 0 Å². The fraction of sp³-hybridized carbons (Fsp3) is 0.357. The average Bonchev–Trinajstić information content (AvgIpc) is 2.25. The van der Waals surface area contributed by atoms with E-state index in [4.69, 9.17) is 5.11 Å². The molecule has 0 spiro atoms. The van der Waals surface area contributed by atoms with Crippen molar-refractivity contribution in [3.63, 3.8) is 0 Å². The molecule has 86 valence electrons. The van der Waals surface area contributed by atoms with Crippen LogP contribution in [0.3, 0.4) is 0 Å². The molecule has 0 amide bonds. The third-order valence-corrected chi connectivity index (χ3v) is 2.55. The highest BCUT2D eigenvalue weighted by Crippen LogP contribution is 2.15. The lowest BCUT2D eigenvalue weighted by atomic mass is 10.0. The number of carboxylic acids is 1. The lowest BCUT2D eigenvalue weighted by Gasteiger charge is -2.02. The van der Waals surface area contributed by atoms with E-state index in [1.54, 1.807) is 0 Å². The van der Waals surface area contributed by atoms with Gasteiger partial charge in [0.25, 0.3) is 0 Å². The van der Waals surface area contributed by atoms with Gasteiger partial charge in [0.1, 0.15) is 0 Å². The number of benzene rings is 1. The van der Waals surface area contributed by atoms with Gasteiger partial charge in [-0.25, -0.2) is 0 Å². The van der Waals surface area contributed by atoms with Crippen molar-refractivity contribution in [2.45, 2.75) is 33.1 Å². The normalized spacial score (nSPS) is 11.5. The van der Waals surface area contributed by atoms with Crippen LogP contribution in [0.15, 0.2) is 30.3 Å². The minimum atomic E-state index is -0.721. The van der Waals surface area contributed by atoms with Gasteiger partial charge in [0, 0.05) is 6.42 Å². The van der Waals surface area contributed by atoms with E-state index in [0.717, 1.165) is 6.42 Å². The Morgan fingerprint density at radius 2 is 1.94 bits per heavy atom. The number of aliphatic carboxylic acids is 1. The zero-order chi connectivity index (χ0) is 12.0. The van der Waals surface area contributed by atoms with Crippen LogP contribution in [0.1, 0.15) is 37.3 Å². The highest BCUT2D eigenvalue weighted by atomic mass is 16.4. The highest BCUT2D eigenvalue weighted by molar-refractivity contribution is 5.67. The highest BCUT2D eigenvalue weighted by Gasteiger charge is 1.97. The molecule has 1 aromatic carbocycles. The zero-order valence-electron chi connectivity index (χ0n) is 9.86. The first-order valence-corrected chi connectivity index (χ1v) is 5.55. The van der Waals surface area contributed by atoms with Gasteiger partial charge in [-0.1, -0.05) is 35.9 Å². The van der Waals surface area contributed by atoms with E-state index in [1.165, 1.54) is 16.7 Å². The van der Waals surface area contributed by atoms with Crippen molar-refractivity contribution in [2.75, 3.05) is 0 Å². The summed E-state index contributed by atoms with van der Waals surface area (Å²) in [4.78, 5) is 10.3. The summed E-state index contributed by atoms with van der Waals surface area (Å²) in [5.41, 5.74) is 3.67. The molecule has 0 saturated heterocycles. The van der Waals surface area contributed by atoms with Crippen molar-refractivity contribution >= 4 is 11.5 Å². The minimum Gasteiger partial charge on any atom is -0.481 e. The molecule has 0 fully saturated rings. The van der Waals surface area contributed by atoms with Crippen LogP contribution in [0.4, 0.5) is 0 Å². The fourth-order valence-corrected chi connectivity index (χ4v) is 1.51. The van der Waals surface area contributed by atoms with Crippen LogP contribution in [0.25, 0.3) is 5.57 Å². The lowest BCUT2D eigenvalue weighted by molar-refractivity contribution is -0.137. The van der Waals surface area contributed by atoms with Gasteiger partial charge in [0.15, 0.2) is 0 Å². The molecule has 0 aliphatic carbocycles. The molecule has 0 heterocycles. The SMILES string of the molecule is C/C(=C\CCCC(=O)O)c1ccc(C)cc1. The van der Waals surface area contributed by atoms with Gasteiger partial charge >= 0.3 is 5.97 Å². The maximum absolute atomic E-state index is 10.3. The molecule has 0 unspecified atom stereocenters. The first-order valence-electron chi connectivity index (χ1n) is 5.55. The van der Waals surface area contributed by atoms with Gasteiger partial charge in [-0.2, -0.15) is 0 Å². The van der Waals surface area contributed by atoms with Gasteiger partial charge < -0.3 is 5.11 Å². The molecule has 0 aliphatic rings. The Morgan fingerprint density at radius 1 is 1.31 bits per heavy atom. The quantitative estimate of drug-likeness (QED) is 0.766. The second kappa shape index (κ2) is 6.11. The van der Waals surface area contributed by atoms with E-state index in [9.17, 15) is 4.79 Å². The Hall–Kier alpha value is -1.57. The summed E-state index contributed by atoms with van der Waals surface area (Å²) in [5, 5.41) is 8.51. The van der Waals surface area contributed by atoms with E-state index in [2.05, 4.69) is 44.2 Å². The van der Waals surface area contributed by atoms with Crippen molar-refractivity contribution in [1.82, 2.24) is 0 Å². The largest absolute Gasteiger partial charge is 0.481 e. The Labute approximate surface area is 96.6 Å². The topological polar surface area (TPSA) is 37.3 Å². The summed E-state index contributed by atoms with van der Waals surface area (Å²) >= 11 is 0. The minimum absolute atomic E-state index is 0.248. The molecule has 1 aromatic rings. The number of carboxylic acid groups (broad SMARTS) is 1. The summed E-state index contributed by atoms with van der Waals surface area (Å²) < 4.78 is 0. The molecule has 0 aromatic heterocycles. The van der Waals surface area contributed by atoms with Gasteiger partial charge in [-0.15, -0.1) is 0 Å². The summed E-state index contributed by atoms with van der Waals surface area (Å²) in [6, 6.07) is 8.37. The number of rotatable bonds is 5. The molecule has 2 heteroatoms. The molecule has 0 saturated carbocycles. The Balaban J connectivity index is 2.50. The van der Waals surface area contributed by atoms with E-state index in [0.29, 0.717) is 6.42 Å². The molecular formula is C14H18O2. The molecule has 0 atom stereocenters. The summed E-state index contributed by atoms with van der Waals surface area (Å²) in [6.07, 6.45) is 3.88. The second-order valence-corrected chi connectivity index (χ2v) is 4.04. The Kier molecular flexibility index (Phi) is 4.77. The van der Waals surface area contributed by atoms with E-state index < -0.39 is 5.97 Å². The fourth-order valence-electron chi connectivity index (χ4n) is 1.51. The van der Waals surface area contributed by atoms with Crippen LogP contribution >= 0.6 is 0 Å². The molecule has 0 radical (unpaired) electrons. The molecule has 0 bridgehead atoms.